The van der Waals surface area contributed by atoms with Crippen LogP contribution < -0.4 is 19.6 Å². The molecule has 0 aromatic heterocycles. The van der Waals surface area contributed by atoms with Crippen LogP contribution in [0, 0.1) is 13.8 Å². The zero-order valence-electron chi connectivity index (χ0n) is 21.2. The third-order valence-electron chi connectivity index (χ3n) is 6.15. The molecule has 180 valence electrons. The van der Waals surface area contributed by atoms with Crippen LogP contribution in [0.25, 0.3) is 0 Å². The minimum absolute atomic E-state index is 0.0843. The molecule has 5 nitrogen and oxygen atoms in total. The average Bonchev–Trinajstić information content (AvgIpc) is 2.86. The fraction of sp³-hybridized carbons (Fsp3) is 0.345. The summed E-state index contributed by atoms with van der Waals surface area (Å²) < 4.78 is 0. The van der Waals surface area contributed by atoms with Gasteiger partial charge in [0.15, 0.2) is 5.78 Å². The summed E-state index contributed by atoms with van der Waals surface area (Å²) in [5, 5.41) is 0. The molecule has 0 heterocycles. The Hall–Kier alpha value is -3.47. The number of carbonyl (C=O) groups excluding carboxylic acids is 1. The van der Waals surface area contributed by atoms with E-state index in [0.717, 1.165) is 48.7 Å². The lowest BCUT2D eigenvalue weighted by Gasteiger charge is -2.26. The zero-order chi connectivity index (χ0) is 24.7. The Morgan fingerprint density at radius 1 is 0.735 bits per heavy atom. The first kappa shape index (κ1) is 25.2. The fourth-order valence-electron chi connectivity index (χ4n) is 4.18. The summed E-state index contributed by atoms with van der Waals surface area (Å²) in [7, 11) is 0. The van der Waals surface area contributed by atoms with E-state index in [0.29, 0.717) is 22.6 Å². The number of hydrogen-bond donors (Lipinski definition) is 0. The van der Waals surface area contributed by atoms with Gasteiger partial charge in [0, 0.05) is 31.7 Å². The largest absolute Gasteiger partial charge is 0.369 e. The minimum Gasteiger partial charge on any atom is -0.369 e. The van der Waals surface area contributed by atoms with Gasteiger partial charge in [0.05, 0.1) is 16.9 Å². The molecule has 0 spiro atoms. The van der Waals surface area contributed by atoms with Crippen LogP contribution in [-0.2, 0) is 0 Å². The Kier molecular flexibility index (Phi) is 8.58. The number of aryl methyl sites for hydroxylation is 2. The zero-order valence-corrected chi connectivity index (χ0v) is 21.2. The van der Waals surface area contributed by atoms with Crippen molar-refractivity contribution in [3.05, 3.63) is 82.9 Å². The van der Waals surface area contributed by atoms with Crippen molar-refractivity contribution in [2.45, 2.75) is 41.5 Å². The molecule has 3 aromatic carbocycles. The summed E-state index contributed by atoms with van der Waals surface area (Å²) in [5.41, 5.74) is 4.86. The van der Waals surface area contributed by atoms with Gasteiger partial charge in [-0.1, -0.05) is 42.5 Å². The molecule has 0 fully saturated rings. The van der Waals surface area contributed by atoms with Crippen LogP contribution in [0.3, 0.4) is 0 Å². The Morgan fingerprint density at radius 2 is 1.32 bits per heavy atom. The lowest BCUT2D eigenvalue weighted by molar-refractivity contribution is -0.0993. The van der Waals surface area contributed by atoms with Crippen LogP contribution in [0.1, 0.15) is 54.7 Å². The molecule has 0 aliphatic carbocycles. The van der Waals surface area contributed by atoms with Gasteiger partial charge < -0.3 is 9.80 Å². The first-order chi connectivity index (χ1) is 16.4. The van der Waals surface area contributed by atoms with E-state index in [1.807, 2.05) is 62.4 Å². The van der Waals surface area contributed by atoms with Gasteiger partial charge >= 0.3 is 0 Å². The summed E-state index contributed by atoms with van der Waals surface area (Å²) in [6.45, 7) is 15.6. The third kappa shape index (κ3) is 5.36. The second kappa shape index (κ2) is 11.6. The molecule has 5 heteroatoms. The Bertz CT molecular complexity index is 1100. The van der Waals surface area contributed by atoms with Gasteiger partial charge in [-0.3, -0.25) is 14.6 Å². The number of rotatable bonds is 11. The van der Waals surface area contributed by atoms with E-state index < -0.39 is 0 Å². The standard InChI is InChI=1S/C29H36N2O3/c1-7-30(8-2)24-18-16-21(5)20-26(24)33-34-29-25(31(9-3)10-4)19-17-22(6)27(29)28(32)23-14-12-11-13-15-23/h11-20H,7-10H2,1-6H3. The van der Waals surface area contributed by atoms with Gasteiger partial charge in [-0.15, -0.1) is 0 Å². The second-order valence-corrected chi connectivity index (χ2v) is 8.28. The molecule has 34 heavy (non-hydrogen) atoms. The number of anilines is 2. The smallest absolute Gasteiger partial charge is 0.213 e. The molecule has 0 saturated heterocycles. The maximum absolute atomic E-state index is 13.6. The molecule has 0 saturated carbocycles. The van der Waals surface area contributed by atoms with Gasteiger partial charge in [0.2, 0.25) is 11.5 Å². The number of ketones is 1. The van der Waals surface area contributed by atoms with Crippen LogP contribution in [0.5, 0.6) is 11.5 Å². The van der Waals surface area contributed by atoms with E-state index >= 15 is 0 Å². The number of benzene rings is 3. The second-order valence-electron chi connectivity index (χ2n) is 8.28. The van der Waals surface area contributed by atoms with E-state index in [1.54, 1.807) is 0 Å². The number of carbonyl (C=O) groups is 1. The van der Waals surface area contributed by atoms with Crippen molar-refractivity contribution in [2.75, 3.05) is 36.0 Å². The monoisotopic (exact) mass is 460 g/mol. The summed E-state index contributed by atoms with van der Waals surface area (Å²) in [6, 6.07) is 19.4. The van der Waals surface area contributed by atoms with E-state index in [2.05, 4.69) is 49.6 Å². The van der Waals surface area contributed by atoms with Crippen molar-refractivity contribution < 1.29 is 14.6 Å². The lowest BCUT2D eigenvalue weighted by Crippen LogP contribution is -2.25. The van der Waals surface area contributed by atoms with Crippen LogP contribution in [0.2, 0.25) is 0 Å². The first-order valence-electron chi connectivity index (χ1n) is 12.1. The molecule has 0 amide bonds. The van der Waals surface area contributed by atoms with Crippen molar-refractivity contribution in [3.63, 3.8) is 0 Å². The SMILES string of the molecule is CCN(CC)c1ccc(C)cc1OOc1c(N(CC)CC)ccc(C)c1C(=O)c1ccccc1. The highest BCUT2D eigenvalue weighted by Gasteiger charge is 2.25. The Balaban J connectivity index is 2.11. The molecule has 0 N–H and O–H groups in total. The van der Waals surface area contributed by atoms with E-state index in [-0.39, 0.29) is 5.78 Å². The molecule has 0 unspecified atom stereocenters. The molecule has 0 aliphatic heterocycles. The maximum atomic E-state index is 13.6. The topological polar surface area (TPSA) is 42.0 Å². The first-order valence-corrected chi connectivity index (χ1v) is 12.1. The van der Waals surface area contributed by atoms with Crippen molar-refractivity contribution >= 4 is 17.2 Å². The Labute approximate surface area is 203 Å². The highest BCUT2D eigenvalue weighted by Crippen LogP contribution is 2.38. The summed E-state index contributed by atoms with van der Waals surface area (Å²) >= 11 is 0. The molecule has 0 radical (unpaired) electrons. The summed E-state index contributed by atoms with van der Waals surface area (Å²) in [4.78, 5) is 30.1. The lowest BCUT2D eigenvalue weighted by atomic mass is 9.97. The van der Waals surface area contributed by atoms with Gasteiger partial charge in [0.1, 0.15) is 0 Å². The predicted octanol–water partition coefficient (Wildman–Crippen LogP) is 6.60. The van der Waals surface area contributed by atoms with Gasteiger partial charge in [-0.05, 0) is 70.9 Å². The fourth-order valence-corrected chi connectivity index (χ4v) is 4.18. The van der Waals surface area contributed by atoms with Crippen LogP contribution in [0.15, 0.2) is 60.7 Å². The third-order valence-corrected chi connectivity index (χ3v) is 6.15. The van der Waals surface area contributed by atoms with Crippen molar-refractivity contribution in [2.24, 2.45) is 0 Å². The molecular formula is C29H36N2O3. The predicted molar refractivity (Wildman–Crippen MR) is 141 cm³/mol. The molecule has 0 aliphatic rings. The highest BCUT2D eigenvalue weighted by atomic mass is 17.2. The van der Waals surface area contributed by atoms with Crippen molar-refractivity contribution in [1.82, 2.24) is 0 Å². The maximum Gasteiger partial charge on any atom is 0.213 e. The molecule has 0 atom stereocenters. The summed E-state index contributed by atoms with van der Waals surface area (Å²) in [6.07, 6.45) is 0. The van der Waals surface area contributed by atoms with Gasteiger partial charge in [-0.2, -0.15) is 0 Å². The number of hydrogen-bond acceptors (Lipinski definition) is 5. The molecule has 0 bridgehead atoms. The van der Waals surface area contributed by atoms with Crippen molar-refractivity contribution in [1.29, 1.82) is 0 Å². The quantitative estimate of drug-likeness (QED) is 0.183. The normalized spacial score (nSPS) is 10.6. The molecule has 3 rings (SSSR count). The van der Waals surface area contributed by atoms with E-state index in [4.69, 9.17) is 9.78 Å². The van der Waals surface area contributed by atoms with Gasteiger partial charge in [0.25, 0.3) is 0 Å². The Morgan fingerprint density at radius 3 is 1.94 bits per heavy atom. The van der Waals surface area contributed by atoms with Crippen molar-refractivity contribution in [3.8, 4) is 11.5 Å². The van der Waals surface area contributed by atoms with Crippen LogP contribution >= 0.6 is 0 Å². The van der Waals surface area contributed by atoms with Crippen LogP contribution in [-0.4, -0.2) is 32.0 Å². The number of nitrogens with zero attached hydrogens (tertiary/aromatic N) is 2. The van der Waals surface area contributed by atoms with E-state index in [1.165, 1.54) is 0 Å². The summed E-state index contributed by atoms with van der Waals surface area (Å²) in [5.74, 6) is 0.997. The molecular weight excluding hydrogens is 424 g/mol. The minimum atomic E-state index is -0.0843. The molecule has 3 aromatic rings. The highest BCUT2D eigenvalue weighted by molar-refractivity contribution is 6.12. The van der Waals surface area contributed by atoms with Gasteiger partial charge in [-0.25, -0.2) is 0 Å². The average molecular weight is 461 g/mol. The van der Waals surface area contributed by atoms with E-state index in [9.17, 15) is 4.79 Å². The van der Waals surface area contributed by atoms with Crippen LogP contribution in [0.4, 0.5) is 11.4 Å².